The summed E-state index contributed by atoms with van der Waals surface area (Å²) in [5.74, 6) is -0.299. The van der Waals surface area contributed by atoms with Crippen LogP contribution in [-0.4, -0.2) is 25.7 Å². The van der Waals surface area contributed by atoms with Crippen LogP contribution in [0.4, 0.5) is 5.13 Å². The second kappa shape index (κ2) is 8.45. The number of thiophene rings is 1. The summed E-state index contributed by atoms with van der Waals surface area (Å²) < 4.78 is 1.42. The fourth-order valence-electron chi connectivity index (χ4n) is 3.26. The van der Waals surface area contributed by atoms with Crippen molar-refractivity contribution < 1.29 is 4.79 Å². The van der Waals surface area contributed by atoms with E-state index in [2.05, 4.69) is 20.5 Å². The van der Waals surface area contributed by atoms with Gasteiger partial charge < -0.3 is 0 Å². The lowest BCUT2D eigenvalue weighted by atomic mass is 10.0. The fraction of sp³-hybridized carbons (Fsp3) is 0.286. The van der Waals surface area contributed by atoms with Crippen molar-refractivity contribution in [3.8, 4) is 11.1 Å². The largest absolute Gasteiger partial charge is 0.299 e. The number of hydrogen-bond donors (Lipinski definition) is 1. The maximum atomic E-state index is 13.4. The second-order valence-electron chi connectivity index (χ2n) is 6.92. The highest BCUT2D eigenvalue weighted by Crippen LogP contribution is 2.31. The van der Waals surface area contributed by atoms with Crippen LogP contribution in [0.1, 0.15) is 36.9 Å². The van der Waals surface area contributed by atoms with Crippen molar-refractivity contribution >= 4 is 43.9 Å². The third kappa shape index (κ3) is 3.78. The van der Waals surface area contributed by atoms with Gasteiger partial charge in [0.25, 0.3) is 5.56 Å². The number of aromatic nitrogens is 4. The highest BCUT2D eigenvalue weighted by Gasteiger charge is 2.23. The van der Waals surface area contributed by atoms with E-state index < -0.39 is 6.04 Å². The maximum absolute atomic E-state index is 13.4. The molecule has 9 heteroatoms. The van der Waals surface area contributed by atoms with Crippen LogP contribution in [0, 0.1) is 6.92 Å². The normalized spacial score (nSPS) is 12.2. The summed E-state index contributed by atoms with van der Waals surface area (Å²) in [4.78, 5) is 31.4. The predicted octanol–water partition coefficient (Wildman–Crippen LogP) is 4.44. The average molecular weight is 440 g/mol. The summed E-state index contributed by atoms with van der Waals surface area (Å²) in [5.41, 5.74) is 2.74. The van der Waals surface area contributed by atoms with E-state index in [9.17, 15) is 9.59 Å². The lowest BCUT2D eigenvalue weighted by Crippen LogP contribution is -2.33. The zero-order valence-corrected chi connectivity index (χ0v) is 18.5. The van der Waals surface area contributed by atoms with Gasteiger partial charge in [0.15, 0.2) is 0 Å². The van der Waals surface area contributed by atoms with Crippen molar-refractivity contribution in [2.45, 2.75) is 39.7 Å². The van der Waals surface area contributed by atoms with Crippen LogP contribution in [0.15, 0.2) is 40.8 Å². The third-order valence-electron chi connectivity index (χ3n) is 4.91. The molecule has 1 unspecified atom stereocenters. The Hall–Kier alpha value is -2.91. The summed E-state index contributed by atoms with van der Waals surface area (Å²) in [7, 11) is 0. The molecule has 1 aromatic carbocycles. The van der Waals surface area contributed by atoms with E-state index in [0.717, 1.165) is 28.1 Å². The molecule has 0 bridgehead atoms. The molecule has 7 nitrogen and oxygen atoms in total. The Balaban J connectivity index is 1.72. The smallest absolute Gasteiger partial charge is 0.263 e. The number of carbonyl (C=O) groups excluding carboxylic acids is 1. The standard InChI is InChI=1S/C21H21N5O2S2/c1-4-15(18(27)23-21-25-24-16(5-2)30-21)26-11-22-19-17(20(26)28)14(10-29-19)13-8-6-12(3)7-9-13/h6-11,15H,4-5H2,1-3H3,(H,23,25,27). The van der Waals surface area contributed by atoms with Gasteiger partial charge in [-0.1, -0.05) is 55.0 Å². The van der Waals surface area contributed by atoms with Gasteiger partial charge in [0.1, 0.15) is 15.9 Å². The van der Waals surface area contributed by atoms with Gasteiger partial charge in [-0.2, -0.15) is 0 Å². The Morgan fingerprint density at radius 3 is 2.63 bits per heavy atom. The van der Waals surface area contributed by atoms with E-state index >= 15 is 0 Å². The van der Waals surface area contributed by atoms with Gasteiger partial charge in [-0.3, -0.25) is 19.5 Å². The molecule has 154 valence electrons. The molecular formula is C21H21N5O2S2. The summed E-state index contributed by atoms with van der Waals surface area (Å²) in [5, 5.41) is 14.6. The molecule has 1 atom stereocenters. The maximum Gasteiger partial charge on any atom is 0.263 e. The van der Waals surface area contributed by atoms with Crippen LogP contribution in [0.25, 0.3) is 21.3 Å². The zero-order chi connectivity index (χ0) is 21.3. The van der Waals surface area contributed by atoms with Gasteiger partial charge >= 0.3 is 0 Å². The van der Waals surface area contributed by atoms with Crippen LogP contribution in [0.2, 0.25) is 0 Å². The number of aryl methyl sites for hydroxylation is 2. The number of hydrogen-bond acceptors (Lipinski definition) is 7. The minimum atomic E-state index is -0.686. The quantitative estimate of drug-likeness (QED) is 0.480. The van der Waals surface area contributed by atoms with Crippen LogP contribution in [0.5, 0.6) is 0 Å². The Bertz CT molecular complexity index is 1260. The van der Waals surface area contributed by atoms with Gasteiger partial charge in [0, 0.05) is 10.9 Å². The van der Waals surface area contributed by atoms with Gasteiger partial charge in [0.2, 0.25) is 11.0 Å². The van der Waals surface area contributed by atoms with E-state index in [1.807, 2.05) is 50.4 Å². The van der Waals surface area contributed by atoms with Crippen molar-refractivity contribution in [1.82, 2.24) is 19.7 Å². The van der Waals surface area contributed by atoms with Gasteiger partial charge in [-0.15, -0.1) is 21.5 Å². The number of nitrogens with zero attached hydrogens (tertiary/aromatic N) is 4. The van der Waals surface area contributed by atoms with Crippen molar-refractivity contribution in [3.05, 3.63) is 56.9 Å². The van der Waals surface area contributed by atoms with Crippen LogP contribution < -0.4 is 10.9 Å². The molecule has 1 amide bonds. The molecule has 3 heterocycles. The highest BCUT2D eigenvalue weighted by atomic mass is 32.1. The van der Waals surface area contributed by atoms with Crippen LogP contribution in [-0.2, 0) is 11.2 Å². The molecule has 4 rings (SSSR count). The number of amides is 1. The van der Waals surface area contributed by atoms with E-state index in [-0.39, 0.29) is 11.5 Å². The number of anilines is 1. The first-order chi connectivity index (χ1) is 14.5. The second-order valence-corrected chi connectivity index (χ2v) is 8.84. The van der Waals surface area contributed by atoms with Gasteiger partial charge in [-0.05, 0) is 25.3 Å². The highest BCUT2D eigenvalue weighted by molar-refractivity contribution is 7.17. The first-order valence-corrected chi connectivity index (χ1v) is 11.4. The lowest BCUT2D eigenvalue weighted by molar-refractivity contribution is -0.119. The zero-order valence-electron chi connectivity index (χ0n) is 16.9. The summed E-state index contributed by atoms with van der Waals surface area (Å²) >= 11 is 2.77. The molecule has 0 saturated carbocycles. The molecule has 0 aliphatic heterocycles. The predicted molar refractivity (Wildman–Crippen MR) is 121 cm³/mol. The number of rotatable bonds is 6. The number of fused-ring (bicyclic) bond motifs is 1. The lowest BCUT2D eigenvalue weighted by Gasteiger charge is -2.16. The minimum absolute atomic E-state index is 0.217. The van der Waals surface area contributed by atoms with Crippen LogP contribution in [0.3, 0.4) is 0 Å². The number of nitrogens with one attached hydrogen (secondary N) is 1. The average Bonchev–Trinajstić information content (AvgIpc) is 3.38. The molecule has 0 fully saturated rings. The Morgan fingerprint density at radius 1 is 1.20 bits per heavy atom. The van der Waals surface area contributed by atoms with Crippen molar-refractivity contribution in [2.24, 2.45) is 0 Å². The molecule has 30 heavy (non-hydrogen) atoms. The third-order valence-corrected chi connectivity index (χ3v) is 6.78. The minimum Gasteiger partial charge on any atom is -0.299 e. The SMILES string of the molecule is CCc1nnc(NC(=O)C(CC)n2cnc3scc(-c4ccc(C)cc4)c3c2=O)s1. The molecule has 1 N–H and O–H groups in total. The molecule has 0 saturated heterocycles. The molecule has 0 aliphatic rings. The first-order valence-electron chi connectivity index (χ1n) is 9.70. The number of carbonyl (C=O) groups is 1. The Labute approximate surface area is 181 Å². The van der Waals surface area contributed by atoms with E-state index in [1.54, 1.807) is 0 Å². The monoisotopic (exact) mass is 439 g/mol. The fourth-order valence-corrected chi connectivity index (χ4v) is 4.85. The van der Waals surface area contributed by atoms with Crippen molar-refractivity contribution in [2.75, 3.05) is 5.32 Å². The molecule has 0 radical (unpaired) electrons. The summed E-state index contributed by atoms with van der Waals surface area (Å²) in [6.07, 6.45) is 2.67. The Kier molecular flexibility index (Phi) is 5.74. The van der Waals surface area contributed by atoms with Gasteiger partial charge in [-0.25, -0.2) is 4.98 Å². The van der Waals surface area contributed by atoms with Crippen molar-refractivity contribution in [1.29, 1.82) is 0 Å². The molecule has 0 aliphatic carbocycles. The van der Waals surface area contributed by atoms with E-state index in [4.69, 9.17) is 0 Å². The van der Waals surface area contributed by atoms with Crippen LogP contribution >= 0.6 is 22.7 Å². The first kappa shape index (κ1) is 20.4. The Morgan fingerprint density at radius 2 is 1.97 bits per heavy atom. The molecular weight excluding hydrogens is 418 g/mol. The van der Waals surface area contributed by atoms with E-state index in [0.29, 0.717) is 21.8 Å². The molecule has 4 aromatic rings. The summed E-state index contributed by atoms with van der Waals surface area (Å²) in [6, 6.07) is 7.34. The van der Waals surface area contributed by atoms with Crippen molar-refractivity contribution in [3.63, 3.8) is 0 Å². The molecule has 0 spiro atoms. The molecule has 3 aromatic heterocycles. The topological polar surface area (TPSA) is 89.8 Å². The number of benzene rings is 1. The summed E-state index contributed by atoms with van der Waals surface area (Å²) in [6.45, 7) is 5.87. The van der Waals surface area contributed by atoms with E-state index in [1.165, 1.54) is 33.6 Å². The van der Waals surface area contributed by atoms with Gasteiger partial charge in [0.05, 0.1) is 11.7 Å².